The summed E-state index contributed by atoms with van der Waals surface area (Å²) in [7, 11) is 0. The van der Waals surface area contributed by atoms with Gasteiger partial charge in [-0.1, -0.05) is 18.2 Å². The third-order valence-electron chi connectivity index (χ3n) is 1.66. The van der Waals surface area contributed by atoms with E-state index in [1.165, 1.54) is 0 Å². The fourth-order valence-corrected chi connectivity index (χ4v) is 1.11. The van der Waals surface area contributed by atoms with E-state index in [1.807, 2.05) is 6.07 Å². The maximum absolute atomic E-state index is 9.21. The first-order chi connectivity index (χ1) is 7.72. The highest BCUT2D eigenvalue weighted by atomic mass is 32.1. The Morgan fingerprint density at radius 1 is 1.56 bits per heavy atom. The van der Waals surface area contributed by atoms with Crippen LogP contribution in [0.2, 0.25) is 0 Å². The first kappa shape index (κ1) is 12.2. The molecule has 0 heterocycles. The van der Waals surface area contributed by atoms with E-state index in [4.69, 9.17) is 12.2 Å². The van der Waals surface area contributed by atoms with Crippen molar-refractivity contribution in [3.05, 3.63) is 42.5 Å². The molecular weight excluding hydrogens is 222 g/mol. The Labute approximate surface area is 99.7 Å². The smallest absolute Gasteiger partial charge is 0.187 e. The van der Waals surface area contributed by atoms with Crippen molar-refractivity contribution in [2.24, 2.45) is 5.10 Å². The van der Waals surface area contributed by atoms with Crippen LogP contribution in [0.5, 0.6) is 5.75 Å². The lowest BCUT2D eigenvalue weighted by Crippen LogP contribution is -2.31. The second-order valence-electron chi connectivity index (χ2n) is 2.96. The second-order valence-corrected chi connectivity index (χ2v) is 3.37. The van der Waals surface area contributed by atoms with Gasteiger partial charge in [-0.25, -0.2) is 0 Å². The molecule has 0 aliphatic carbocycles. The van der Waals surface area contributed by atoms with Crippen molar-refractivity contribution in [2.75, 3.05) is 6.54 Å². The van der Waals surface area contributed by atoms with Crippen LogP contribution in [0.1, 0.15) is 5.56 Å². The summed E-state index contributed by atoms with van der Waals surface area (Å²) >= 11 is 4.93. The van der Waals surface area contributed by atoms with Crippen LogP contribution in [0.3, 0.4) is 0 Å². The number of nitrogens with one attached hydrogen (secondary N) is 2. The van der Waals surface area contributed by atoms with Crippen molar-refractivity contribution in [1.29, 1.82) is 0 Å². The maximum atomic E-state index is 9.21. The van der Waals surface area contributed by atoms with Crippen molar-refractivity contribution in [3.8, 4) is 5.75 Å². The lowest BCUT2D eigenvalue weighted by Gasteiger charge is -2.02. The summed E-state index contributed by atoms with van der Waals surface area (Å²) in [6.45, 7) is 4.14. The van der Waals surface area contributed by atoms with Crippen LogP contribution in [0.4, 0.5) is 0 Å². The van der Waals surface area contributed by atoms with Gasteiger partial charge in [0, 0.05) is 6.54 Å². The van der Waals surface area contributed by atoms with Crippen LogP contribution in [0.25, 0.3) is 0 Å². The standard InChI is InChI=1S/C11H13N3OS/c1-2-6-12-11(16)14-13-8-9-4-3-5-10(15)7-9/h2-5,7-8,15H,1,6H2,(H2,12,14,16). The number of phenols is 1. The van der Waals surface area contributed by atoms with E-state index in [1.54, 1.807) is 30.5 Å². The van der Waals surface area contributed by atoms with Crippen molar-refractivity contribution < 1.29 is 5.11 Å². The molecule has 0 unspecified atom stereocenters. The lowest BCUT2D eigenvalue weighted by atomic mass is 10.2. The minimum Gasteiger partial charge on any atom is -0.508 e. The monoisotopic (exact) mass is 235 g/mol. The average Bonchev–Trinajstić information content (AvgIpc) is 2.26. The van der Waals surface area contributed by atoms with Crippen LogP contribution in [-0.2, 0) is 0 Å². The molecular formula is C11H13N3OS. The van der Waals surface area contributed by atoms with Gasteiger partial charge in [-0.05, 0) is 29.9 Å². The van der Waals surface area contributed by atoms with E-state index in [0.29, 0.717) is 11.7 Å². The molecule has 84 valence electrons. The minimum absolute atomic E-state index is 0.205. The summed E-state index contributed by atoms with van der Waals surface area (Å²) in [4.78, 5) is 0. The molecule has 0 radical (unpaired) electrons. The highest BCUT2D eigenvalue weighted by Gasteiger charge is 1.91. The zero-order chi connectivity index (χ0) is 11.8. The Morgan fingerprint density at radius 2 is 2.38 bits per heavy atom. The van der Waals surface area contributed by atoms with Crippen molar-refractivity contribution in [3.63, 3.8) is 0 Å². The Balaban J connectivity index is 2.42. The van der Waals surface area contributed by atoms with Gasteiger partial charge in [0.15, 0.2) is 5.11 Å². The predicted octanol–water partition coefficient (Wildman–Crippen LogP) is 1.38. The number of hydrogen-bond donors (Lipinski definition) is 3. The number of hydrogen-bond acceptors (Lipinski definition) is 3. The van der Waals surface area contributed by atoms with Gasteiger partial charge < -0.3 is 10.4 Å². The Kier molecular flexibility index (Phi) is 5.01. The van der Waals surface area contributed by atoms with Crippen LogP contribution < -0.4 is 10.7 Å². The zero-order valence-electron chi connectivity index (χ0n) is 8.68. The lowest BCUT2D eigenvalue weighted by molar-refractivity contribution is 0.475. The quantitative estimate of drug-likeness (QED) is 0.319. The topological polar surface area (TPSA) is 56.7 Å². The summed E-state index contributed by atoms with van der Waals surface area (Å²) in [5.41, 5.74) is 3.44. The first-order valence-corrected chi connectivity index (χ1v) is 5.10. The van der Waals surface area contributed by atoms with Gasteiger partial charge in [-0.3, -0.25) is 5.43 Å². The first-order valence-electron chi connectivity index (χ1n) is 4.69. The number of thiocarbonyl (C=S) groups is 1. The number of benzene rings is 1. The molecule has 1 aromatic rings. The molecule has 0 amide bonds. The van der Waals surface area contributed by atoms with Gasteiger partial charge >= 0.3 is 0 Å². The van der Waals surface area contributed by atoms with E-state index in [9.17, 15) is 5.11 Å². The highest BCUT2D eigenvalue weighted by Crippen LogP contribution is 2.08. The molecule has 1 rings (SSSR count). The van der Waals surface area contributed by atoms with Crippen LogP contribution in [-0.4, -0.2) is 23.0 Å². The van der Waals surface area contributed by atoms with Crippen molar-refractivity contribution in [2.45, 2.75) is 0 Å². The van der Waals surface area contributed by atoms with E-state index in [0.717, 1.165) is 5.56 Å². The molecule has 0 spiro atoms. The maximum Gasteiger partial charge on any atom is 0.187 e. The highest BCUT2D eigenvalue weighted by molar-refractivity contribution is 7.80. The number of aromatic hydroxyl groups is 1. The Hall–Kier alpha value is -1.88. The number of rotatable bonds is 4. The summed E-state index contributed by atoms with van der Waals surface area (Å²) in [6.07, 6.45) is 3.27. The zero-order valence-corrected chi connectivity index (χ0v) is 9.50. The number of hydrazone groups is 1. The predicted molar refractivity (Wildman–Crippen MR) is 69.6 cm³/mol. The van der Waals surface area contributed by atoms with E-state index >= 15 is 0 Å². The summed E-state index contributed by atoms with van der Waals surface area (Å²) in [5, 5.41) is 16.4. The summed E-state index contributed by atoms with van der Waals surface area (Å²) in [5.74, 6) is 0.205. The molecule has 3 N–H and O–H groups in total. The Morgan fingerprint density at radius 3 is 3.06 bits per heavy atom. The van der Waals surface area contributed by atoms with Gasteiger partial charge in [-0.15, -0.1) is 6.58 Å². The molecule has 16 heavy (non-hydrogen) atoms. The van der Waals surface area contributed by atoms with Crippen molar-refractivity contribution in [1.82, 2.24) is 10.7 Å². The molecule has 0 saturated heterocycles. The molecule has 0 aromatic heterocycles. The largest absolute Gasteiger partial charge is 0.508 e. The van der Waals surface area contributed by atoms with E-state index in [-0.39, 0.29) is 5.75 Å². The Bertz CT molecular complexity index is 404. The number of phenolic OH excluding ortho intramolecular Hbond substituents is 1. The molecule has 0 aliphatic heterocycles. The number of nitrogens with zero attached hydrogens (tertiary/aromatic N) is 1. The van der Waals surface area contributed by atoms with Gasteiger partial charge in [0.2, 0.25) is 0 Å². The van der Waals surface area contributed by atoms with E-state index < -0.39 is 0 Å². The third kappa shape index (κ3) is 4.56. The molecule has 5 heteroatoms. The van der Waals surface area contributed by atoms with Gasteiger partial charge in [-0.2, -0.15) is 5.10 Å². The molecule has 0 fully saturated rings. The molecule has 0 atom stereocenters. The van der Waals surface area contributed by atoms with Crippen LogP contribution in [0, 0.1) is 0 Å². The van der Waals surface area contributed by atoms with Crippen LogP contribution >= 0.6 is 12.2 Å². The SMILES string of the molecule is C=CCNC(=S)NN=Cc1cccc(O)c1. The second kappa shape index (κ2) is 6.58. The minimum atomic E-state index is 0.205. The molecule has 1 aromatic carbocycles. The average molecular weight is 235 g/mol. The van der Waals surface area contributed by atoms with Gasteiger partial charge in [0.05, 0.1) is 6.21 Å². The summed E-state index contributed by atoms with van der Waals surface area (Å²) in [6, 6.07) is 6.77. The molecule has 0 aliphatic rings. The third-order valence-corrected chi connectivity index (χ3v) is 1.89. The van der Waals surface area contributed by atoms with Gasteiger partial charge in [0.1, 0.15) is 5.75 Å². The van der Waals surface area contributed by atoms with Crippen molar-refractivity contribution >= 4 is 23.5 Å². The van der Waals surface area contributed by atoms with Crippen LogP contribution in [0.15, 0.2) is 42.0 Å². The molecule has 0 bridgehead atoms. The van der Waals surface area contributed by atoms with Gasteiger partial charge in [0.25, 0.3) is 0 Å². The summed E-state index contributed by atoms with van der Waals surface area (Å²) < 4.78 is 0. The molecule has 4 nitrogen and oxygen atoms in total. The fraction of sp³-hybridized carbons (Fsp3) is 0.0909. The molecule has 0 saturated carbocycles. The van der Waals surface area contributed by atoms with E-state index in [2.05, 4.69) is 22.4 Å². The normalized spacial score (nSPS) is 10.0. The fourth-order valence-electron chi connectivity index (χ4n) is 0.975.